The van der Waals surface area contributed by atoms with Crippen LogP contribution in [0.2, 0.25) is 0 Å². The molecule has 0 radical (unpaired) electrons. The third-order valence-electron chi connectivity index (χ3n) is 3.05. The molecule has 1 heterocycles. The highest BCUT2D eigenvalue weighted by atomic mass is 16.3. The zero-order chi connectivity index (χ0) is 12.4. The molecule has 0 aliphatic rings. The Morgan fingerprint density at radius 1 is 1.47 bits per heavy atom. The summed E-state index contributed by atoms with van der Waals surface area (Å²) in [6.07, 6.45) is 1.85. The summed E-state index contributed by atoms with van der Waals surface area (Å²) in [6, 6.07) is 7.29. The van der Waals surface area contributed by atoms with Gasteiger partial charge in [0.25, 0.3) is 5.91 Å². The van der Waals surface area contributed by atoms with Gasteiger partial charge >= 0.3 is 0 Å². The summed E-state index contributed by atoms with van der Waals surface area (Å²) in [5.74, 6) is -0.0744. The molecule has 0 bridgehead atoms. The number of aliphatic hydroxyl groups is 1. The van der Waals surface area contributed by atoms with E-state index in [9.17, 15) is 4.79 Å². The van der Waals surface area contributed by atoms with Crippen molar-refractivity contribution in [3.05, 3.63) is 36.0 Å². The standard InChI is InChI=1S/C13H16N2O2/c1-9(8-16)15(2)13(17)11-3-4-12-10(7-11)5-6-14-12/h3-7,9,14,16H,8H2,1-2H3. The maximum absolute atomic E-state index is 12.1. The van der Waals surface area contributed by atoms with Crippen molar-refractivity contribution in [1.29, 1.82) is 0 Å². The molecule has 0 aliphatic carbocycles. The molecule has 90 valence electrons. The minimum absolute atomic E-state index is 0.0331. The van der Waals surface area contributed by atoms with Crippen molar-refractivity contribution in [3.63, 3.8) is 0 Å². The largest absolute Gasteiger partial charge is 0.394 e. The van der Waals surface area contributed by atoms with E-state index < -0.39 is 0 Å². The second-order valence-corrected chi connectivity index (χ2v) is 4.23. The molecule has 0 aliphatic heterocycles. The molecule has 1 atom stereocenters. The highest BCUT2D eigenvalue weighted by Crippen LogP contribution is 2.16. The Bertz CT molecular complexity index is 533. The lowest BCUT2D eigenvalue weighted by atomic mass is 10.1. The van der Waals surface area contributed by atoms with Gasteiger partial charge < -0.3 is 15.0 Å². The number of nitrogens with zero attached hydrogens (tertiary/aromatic N) is 1. The lowest BCUT2D eigenvalue weighted by molar-refractivity contribution is 0.0682. The minimum Gasteiger partial charge on any atom is -0.394 e. The molecule has 0 fully saturated rings. The first-order chi connectivity index (χ1) is 8.13. The van der Waals surface area contributed by atoms with E-state index in [0.717, 1.165) is 10.9 Å². The van der Waals surface area contributed by atoms with Gasteiger partial charge in [-0.25, -0.2) is 0 Å². The predicted octanol–water partition coefficient (Wildman–Crippen LogP) is 1.62. The van der Waals surface area contributed by atoms with Crippen LogP contribution in [0.4, 0.5) is 0 Å². The maximum atomic E-state index is 12.1. The van der Waals surface area contributed by atoms with Gasteiger partial charge in [-0.1, -0.05) is 0 Å². The second-order valence-electron chi connectivity index (χ2n) is 4.23. The summed E-state index contributed by atoms with van der Waals surface area (Å²) in [7, 11) is 1.70. The third-order valence-corrected chi connectivity index (χ3v) is 3.05. The number of aromatic amines is 1. The number of likely N-dealkylation sites (N-methyl/N-ethyl adjacent to an activating group) is 1. The molecule has 0 saturated heterocycles. The van der Waals surface area contributed by atoms with Crippen LogP contribution in [0.1, 0.15) is 17.3 Å². The Labute approximate surface area is 99.9 Å². The highest BCUT2D eigenvalue weighted by Gasteiger charge is 2.16. The van der Waals surface area contributed by atoms with Crippen LogP contribution in [0.15, 0.2) is 30.5 Å². The Morgan fingerprint density at radius 3 is 2.94 bits per heavy atom. The molecule has 2 rings (SSSR count). The topological polar surface area (TPSA) is 56.3 Å². The second kappa shape index (κ2) is 4.59. The van der Waals surface area contributed by atoms with Crippen LogP contribution in [0, 0.1) is 0 Å². The number of carbonyl (C=O) groups excluding carboxylic acids is 1. The molecule has 0 saturated carbocycles. The molecular formula is C13H16N2O2. The van der Waals surface area contributed by atoms with E-state index >= 15 is 0 Å². The molecule has 4 nitrogen and oxygen atoms in total. The predicted molar refractivity (Wildman–Crippen MR) is 66.9 cm³/mol. The van der Waals surface area contributed by atoms with E-state index in [2.05, 4.69) is 4.98 Å². The normalized spacial score (nSPS) is 12.6. The van der Waals surface area contributed by atoms with E-state index in [1.165, 1.54) is 0 Å². The van der Waals surface area contributed by atoms with Gasteiger partial charge in [-0.05, 0) is 31.2 Å². The quantitative estimate of drug-likeness (QED) is 0.845. The summed E-state index contributed by atoms with van der Waals surface area (Å²) in [6.45, 7) is 1.78. The number of carbonyl (C=O) groups is 1. The molecule has 1 unspecified atom stereocenters. The van der Waals surface area contributed by atoms with Gasteiger partial charge in [-0.2, -0.15) is 0 Å². The SMILES string of the molecule is CC(CO)N(C)C(=O)c1ccc2[nH]ccc2c1. The number of hydrogen-bond acceptors (Lipinski definition) is 2. The number of nitrogens with one attached hydrogen (secondary N) is 1. The molecule has 4 heteroatoms. The minimum atomic E-state index is -0.176. The zero-order valence-electron chi connectivity index (χ0n) is 9.97. The first kappa shape index (κ1) is 11.7. The molecule has 1 amide bonds. The highest BCUT2D eigenvalue weighted by molar-refractivity contribution is 5.98. The lowest BCUT2D eigenvalue weighted by Gasteiger charge is -2.23. The molecule has 17 heavy (non-hydrogen) atoms. The van der Waals surface area contributed by atoms with E-state index in [4.69, 9.17) is 5.11 Å². The number of benzene rings is 1. The molecular weight excluding hydrogens is 216 g/mol. The van der Waals surface area contributed by atoms with Crippen LogP contribution in [0.25, 0.3) is 10.9 Å². The molecule has 1 aromatic heterocycles. The molecule has 2 N–H and O–H groups in total. The van der Waals surface area contributed by atoms with Crippen LogP contribution < -0.4 is 0 Å². The number of hydrogen-bond donors (Lipinski definition) is 2. The Morgan fingerprint density at radius 2 is 2.24 bits per heavy atom. The van der Waals surface area contributed by atoms with Crippen LogP contribution in [-0.4, -0.2) is 40.6 Å². The monoisotopic (exact) mass is 232 g/mol. The van der Waals surface area contributed by atoms with Crippen molar-refractivity contribution in [3.8, 4) is 0 Å². The van der Waals surface area contributed by atoms with Crippen LogP contribution in [0.5, 0.6) is 0 Å². The van der Waals surface area contributed by atoms with Gasteiger partial charge in [0.1, 0.15) is 0 Å². The first-order valence-electron chi connectivity index (χ1n) is 5.58. The third kappa shape index (κ3) is 2.17. The van der Waals surface area contributed by atoms with Gasteiger partial charge in [0.15, 0.2) is 0 Å². The van der Waals surface area contributed by atoms with Crippen LogP contribution in [0.3, 0.4) is 0 Å². The van der Waals surface area contributed by atoms with E-state index in [1.807, 2.05) is 31.3 Å². The number of aliphatic hydroxyl groups excluding tert-OH is 1. The lowest BCUT2D eigenvalue weighted by Crippen LogP contribution is -2.37. The fraction of sp³-hybridized carbons (Fsp3) is 0.308. The fourth-order valence-corrected chi connectivity index (χ4v) is 1.71. The van der Waals surface area contributed by atoms with Gasteiger partial charge in [0.05, 0.1) is 12.6 Å². The Kier molecular flexibility index (Phi) is 3.15. The summed E-state index contributed by atoms with van der Waals surface area (Å²) in [5, 5.41) is 10.1. The summed E-state index contributed by atoms with van der Waals surface area (Å²) < 4.78 is 0. The number of rotatable bonds is 3. The maximum Gasteiger partial charge on any atom is 0.253 e. The molecule has 1 aromatic carbocycles. The smallest absolute Gasteiger partial charge is 0.253 e. The van der Waals surface area contributed by atoms with Crippen molar-refractivity contribution in [1.82, 2.24) is 9.88 Å². The van der Waals surface area contributed by atoms with E-state index in [-0.39, 0.29) is 18.6 Å². The first-order valence-corrected chi connectivity index (χ1v) is 5.58. The summed E-state index contributed by atoms with van der Waals surface area (Å²) in [4.78, 5) is 16.7. The average Bonchev–Trinajstić information content (AvgIpc) is 2.83. The van der Waals surface area contributed by atoms with Crippen LogP contribution >= 0.6 is 0 Å². The number of amides is 1. The Balaban J connectivity index is 2.29. The van der Waals surface area contributed by atoms with Gasteiger partial charge in [-0.3, -0.25) is 4.79 Å². The Hall–Kier alpha value is -1.81. The van der Waals surface area contributed by atoms with Crippen LogP contribution in [-0.2, 0) is 0 Å². The van der Waals surface area contributed by atoms with Gasteiger partial charge in [0.2, 0.25) is 0 Å². The van der Waals surface area contributed by atoms with E-state index in [1.54, 1.807) is 18.0 Å². The molecule has 2 aromatic rings. The summed E-state index contributed by atoms with van der Waals surface area (Å²) >= 11 is 0. The van der Waals surface area contributed by atoms with Crippen molar-refractivity contribution < 1.29 is 9.90 Å². The number of aromatic nitrogens is 1. The molecule has 0 spiro atoms. The van der Waals surface area contributed by atoms with Crippen molar-refractivity contribution in [2.24, 2.45) is 0 Å². The average molecular weight is 232 g/mol. The van der Waals surface area contributed by atoms with E-state index in [0.29, 0.717) is 5.56 Å². The van der Waals surface area contributed by atoms with Crippen molar-refractivity contribution in [2.75, 3.05) is 13.7 Å². The van der Waals surface area contributed by atoms with Crippen molar-refractivity contribution in [2.45, 2.75) is 13.0 Å². The van der Waals surface area contributed by atoms with Crippen molar-refractivity contribution >= 4 is 16.8 Å². The van der Waals surface area contributed by atoms with Gasteiger partial charge in [-0.15, -0.1) is 0 Å². The number of fused-ring (bicyclic) bond motifs is 1. The summed E-state index contributed by atoms with van der Waals surface area (Å²) in [5.41, 5.74) is 1.65. The fourth-order valence-electron chi connectivity index (χ4n) is 1.71. The number of H-pyrrole nitrogens is 1. The van der Waals surface area contributed by atoms with Gasteiger partial charge in [0, 0.05) is 29.7 Å². The zero-order valence-corrected chi connectivity index (χ0v) is 9.97.